The maximum Gasteiger partial charge on any atom is 0.225 e. The molecular weight excluding hydrogens is 220 g/mol. The lowest BCUT2D eigenvalue weighted by atomic mass is 10.0. The first-order chi connectivity index (χ1) is 8.06. The number of amides is 1. The van der Waals surface area contributed by atoms with E-state index in [1.54, 1.807) is 6.92 Å². The van der Waals surface area contributed by atoms with Crippen LogP contribution in [0.4, 0.5) is 0 Å². The summed E-state index contributed by atoms with van der Waals surface area (Å²) in [6, 6.07) is 0.282. The minimum atomic E-state index is -0.474. The summed E-state index contributed by atoms with van der Waals surface area (Å²) in [6.45, 7) is 4.86. The number of aliphatic hydroxyl groups is 2. The van der Waals surface area contributed by atoms with E-state index in [2.05, 4.69) is 4.90 Å². The molecule has 0 radical (unpaired) electrons. The van der Waals surface area contributed by atoms with Gasteiger partial charge in [-0.15, -0.1) is 0 Å². The van der Waals surface area contributed by atoms with Gasteiger partial charge in [-0.1, -0.05) is 0 Å². The zero-order valence-corrected chi connectivity index (χ0v) is 10.4. The number of aliphatic hydroxyl groups excluding tert-OH is 2. The Morgan fingerprint density at radius 2 is 2.06 bits per heavy atom. The van der Waals surface area contributed by atoms with Crippen LogP contribution in [0.5, 0.6) is 0 Å². The summed E-state index contributed by atoms with van der Waals surface area (Å²) in [4.78, 5) is 15.7. The van der Waals surface area contributed by atoms with Gasteiger partial charge in [0.15, 0.2) is 0 Å². The fourth-order valence-corrected chi connectivity index (χ4v) is 2.85. The third-order valence-electron chi connectivity index (χ3n) is 3.66. The summed E-state index contributed by atoms with van der Waals surface area (Å²) in [5, 5.41) is 18.8. The summed E-state index contributed by atoms with van der Waals surface area (Å²) in [5.41, 5.74) is 0. The highest BCUT2D eigenvalue weighted by Crippen LogP contribution is 2.22. The van der Waals surface area contributed by atoms with Crippen molar-refractivity contribution in [2.75, 3.05) is 26.2 Å². The molecule has 2 fully saturated rings. The summed E-state index contributed by atoms with van der Waals surface area (Å²) in [5.74, 6) is 0.0893. The first-order valence-corrected chi connectivity index (χ1v) is 6.44. The molecule has 2 rings (SSSR count). The van der Waals surface area contributed by atoms with Crippen molar-refractivity contribution >= 4 is 5.91 Å². The molecule has 0 aromatic rings. The number of nitrogens with zero attached hydrogens (tertiary/aromatic N) is 2. The number of rotatable bonds is 3. The average molecular weight is 242 g/mol. The monoisotopic (exact) mass is 242 g/mol. The van der Waals surface area contributed by atoms with Crippen LogP contribution in [-0.2, 0) is 4.79 Å². The smallest absolute Gasteiger partial charge is 0.225 e. The Morgan fingerprint density at radius 1 is 1.41 bits per heavy atom. The lowest BCUT2D eigenvalue weighted by Gasteiger charge is -2.37. The molecule has 0 saturated carbocycles. The second-order valence-corrected chi connectivity index (χ2v) is 5.28. The lowest BCUT2D eigenvalue weighted by Crippen LogP contribution is -2.47. The van der Waals surface area contributed by atoms with E-state index < -0.39 is 6.10 Å². The van der Waals surface area contributed by atoms with Gasteiger partial charge >= 0.3 is 0 Å². The van der Waals surface area contributed by atoms with Gasteiger partial charge in [0, 0.05) is 32.2 Å². The van der Waals surface area contributed by atoms with Gasteiger partial charge in [0.1, 0.15) is 0 Å². The fraction of sp³-hybridized carbons (Fsp3) is 0.917. The van der Waals surface area contributed by atoms with Gasteiger partial charge in [0.05, 0.1) is 18.6 Å². The van der Waals surface area contributed by atoms with E-state index in [1.165, 1.54) is 0 Å². The van der Waals surface area contributed by atoms with Crippen molar-refractivity contribution < 1.29 is 15.0 Å². The van der Waals surface area contributed by atoms with Crippen LogP contribution in [0.15, 0.2) is 0 Å². The predicted molar refractivity (Wildman–Crippen MR) is 63.5 cm³/mol. The van der Waals surface area contributed by atoms with Crippen LogP contribution < -0.4 is 0 Å². The first-order valence-electron chi connectivity index (χ1n) is 6.44. The SMILES string of the molecule is CC(O)CN1CCC(N2CC(O)CC2=O)CC1. The van der Waals surface area contributed by atoms with E-state index >= 15 is 0 Å². The molecule has 2 saturated heterocycles. The van der Waals surface area contributed by atoms with Gasteiger partial charge in [-0.05, 0) is 19.8 Å². The molecule has 2 unspecified atom stereocenters. The lowest BCUT2D eigenvalue weighted by molar-refractivity contribution is -0.130. The minimum absolute atomic E-state index is 0.0893. The Kier molecular flexibility index (Phi) is 4.01. The topological polar surface area (TPSA) is 64.0 Å². The molecule has 1 amide bonds. The third-order valence-corrected chi connectivity index (χ3v) is 3.66. The molecule has 2 aliphatic rings. The van der Waals surface area contributed by atoms with Crippen LogP contribution in [0.3, 0.4) is 0 Å². The van der Waals surface area contributed by atoms with Crippen molar-refractivity contribution in [1.82, 2.24) is 9.80 Å². The van der Waals surface area contributed by atoms with Crippen LogP contribution in [0.25, 0.3) is 0 Å². The van der Waals surface area contributed by atoms with Crippen molar-refractivity contribution in [2.45, 2.75) is 44.4 Å². The highest BCUT2D eigenvalue weighted by molar-refractivity contribution is 5.79. The van der Waals surface area contributed by atoms with Gasteiger partial charge in [-0.3, -0.25) is 4.79 Å². The molecule has 0 aromatic heterocycles. The standard InChI is InChI=1S/C12H22N2O3/c1-9(15)7-13-4-2-10(3-5-13)14-8-11(16)6-12(14)17/h9-11,15-16H,2-8H2,1H3. The van der Waals surface area contributed by atoms with Crippen molar-refractivity contribution in [2.24, 2.45) is 0 Å². The molecule has 0 aromatic carbocycles. The molecule has 2 heterocycles. The van der Waals surface area contributed by atoms with Crippen molar-refractivity contribution in [3.8, 4) is 0 Å². The number of piperidine rings is 1. The predicted octanol–water partition coefficient (Wildman–Crippen LogP) is -0.575. The van der Waals surface area contributed by atoms with E-state index in [0.29, 0.717) is 13.1 Å². The molecular formula is C12H22N2O3. The Labute approximate surface area is 102 Å². The zero-order valence-electron chi connectivity index (χ0n) is 10.4. The molecule has 17 heavy (non-hydrogen) atoms. The number of likely N-dealkylation sites (tertiary alicyclic amines) is 2. The van der Waals surface area contributed by atoms with Crippen LogP contribution in [-0.4, -0.2) is 70.3 Å². The number of hydrogen-bond donors (Lipinski definition) is 2. The highest BCUT2D eigenvalue weighted by atomic mass is 16.3. The number of β-amino-alcohol motifs (C(OH)–C–C–N with tert-alkyl or cyclic N) is 2. The first kappa shape index (κ1) is 12.8. The van der Waals surface area contributed by atoms with E-state index in [0.717, 1.165) is 25.9 Å². The second-order valence-electron chi connectivity index (χ2n) is 5.28. The van der Waals surface area contributed by atoms with E-state index in [9.17, 15) is 15.0 Å². The average Bonchev–Trinajstić information content (AvgIpc) is 2.58. The molecule has 0 aliphatic carbocycles. The molecule has 2 N–H and O–H groups in total. The molecule has 0 bridgehead atoms. The van der Waals surface area contributed by atoms with Gasteiger partial charge in [-0.25, -0.2) is 0 Å². The Balaban J connectivity index is 1.81. The Hall–Kier alpha value is -0.650. The molecule has 5 heteroatoms. The highest BCUT2D eigenvalue weighted by Gasteiger charge is 2.34. The summed E-state index contributed by atoms with van der Waals surface area (Å²) in [6.07, 6.45) is 1.42. The quantitative estimate of drug-likeness (QED) is 0.695. The van der Waals surface area contributed by atoms with Gasteiger partial charge in [-0.2, -0.15) is 0 Å². The van der Waals surface area contributed by atoms with E-state index in [4.69, 9.17) is 0 Å². The largest absolute Gasteiger partial charge is 0.392 e. The molecule has 0 spiro atoms. The molecule has 98 valence electrons. The second kappa shape index (κ2) is 5.33. The molecule has 2 atom stereocenters. The van der Waals surface area contributed by atoms with Crippen molar-refractivity contribution in [3.05, 3.63) is 0 Å². The van der Waals surface area contributed by atoms with Gasteiger partial charge < -0.3 is 20.0 Å². The van der Waals surface area contributed by atoms with Crippen LogP contribution >= 0.6 is 0 Å². The Morgan fingerprint density at radius 3 is 2.53 bits per heavy atom. The normalized spacial score (nSPS) is 29.9. The molecule has 2 aliphatic heterocycles. The number of hydrogen-bond acceptors (Lipinski definition) is 4. The van der Waals surface area contributed by atoms with Crippen LogP contribution in [0.2, 0.25) is 0 Å². The summed E-state index contributed by atoms with van der Waals surface area (Å²) < 4.78 is 0. The van der Waals surface area contributed by atoms with Crippen molar-refractivity contribution in [3.63, 3.8) is 0 Å². The molecule has 5 nitrogen and oxygen atoms in total. The van der Waals surface area contributed by atoms with Crippen molar-refractivity contribution in [1.29, 1.82) is 0 Å². The Bertz CT molecular complexity index is 275. The maximum absolute atomic E-state index is 11.7. The summed E-state index contributed by atoms with van der Waals surface area (Å²) in [7, 11) is 0. The number of carbonyl (C=O) groups is 1. The van der Waals surface area contributed by atoms with E-state index in [1.807, 2.05) is 4.90 Å². The summed E-state index contributed by atoms with van der Waals surface area (Å²) >= 11 is 0. The van der Waals surface area contributed by atoms with Crippen LogP contribution in [0.1, 0.15) is 26.2 Å². The minimum Gasteiger partial charge on any atom is -0.392 e. The third kappa shape index (κ3) is 3.18. The maximum atomic E-state index is 11.7. The zero-order chi connectivity index (χ0) is 12.4. The fourth-order valence-electron chi connectivity index (χ4n) is 2.85. The van der Waals surface area contributed by atoms with Crippen LogP contribution in [0, 0.1) is 0 Å². The van der Waals surface area contributed by atoms with Gasteiger partial charge in [0.25, 0.3) is 0 Å². The number of carbonyl (C=O) groups excluding carboxylic acids is 1. The van der Waals surface area contributed by atoms with E-state index in [-0.39, 0.29) is 24.5 Å². The van der Waals surface area contributed by atoms with Gasteiger partial charge in [0.2, 0.25) is 5.91 Å².